The summed E-state index contributed by atoms with van der Waals surface area (Å²) in [6, 6.07) is 10.2. The van der Waals surface area contributed by atoms with Gasteiger partial charge in [0.25, 0.3) is 5.91 Å². The second-order valence-corrected chi connectivity index (χ2v) is 4.43. The van der Waals surface area contributed by atoms with Gasteiger partial charge in [-0.05, 0) is 19.7 Å². The average Bonchev–Trinajstić information content (AvgIpc) is 2.93. The van der Waals surface area contributed by atoms with Crippen molar-refractivity contribution in [1.29, 1.82) is 0 Å². The minimum absolute atomic E-state index is 0.119. The van der Waals surface area contributed by atoms with Gasteiger partial charge in [-0.1, -0.05) is 30.3 Å². The minimum Gasteiger partial charge on any atom is -0.347 e. The molecule has 1 aromatic heterocycles. The number of carbonyl (C=O) groups excluding carboxylic acids is 1. The molecule has 1 unspecified atom stereocenters. The highest BCUT2D eigenvalue weighted by Crippen LogP contribution is 2.16. The summed E-state index contributed by atoms with van der Waals surface area (Å²) in [4.78, 5) is 17.7. The lowest BCUT2D eigenvalue weighted by molar-refractivity contribution is 0.0932. The molecule has 2 rings (SSSR count). The molecule has 2 aromatic rings. The average molecular weight is 259 g/mol. The molecule has 0 bridgehead atoms. The number of rotatable bonds is 5. The smallest absolute Gasteiger partial charge is 0.288 e. The summed E-state index contributed by atoms with van der Waals surface area (Å²) in [7, 11) is 3.97. The third kappa shape index (κ3) is 3.38. The number of nitrogens with one attached hydrogen (secondary N) is 2. The molecule has 2 N–H and O–H groups in total. The van der Waals surface area contributed by atoms with Gasteiger partial charge in [0, 0.05) is 6.54 Å². The van der Waals surface area contributed by atoms with Crippen LogP contribution < -0.4 is 5.32 Å². The number of H-pyrrole nitrogens is 1. The van der Waals surface area contributed by atoms with Gasteiger partial charge in [-0.2, -0.15) is 5.10 Å². The zero-order chi connectivity index (χ0) is 13.7. The SMILES string of the molecule is CN(C)C(CNC(=O)c1ncn[nH]1)c1ccccc1. The number of aromatic nitrogens is 3. The topological polar surface area (TPSA) is 73.9 Å². The van der Waals surface area contributed by atoms with E-state index in [4.69, 9.17) is 0 Å². The van der Waals surface area contributed by atoms with Crippen LogP contribution in [0.4, 0.5) is 0 Å². The third-order valence-corrected chi connectivity index (χ3v) is 2.89. The van der Waals surface area contributed by atoms with Crippen LogP contribution in [0.25, 0.3) is 0 Å². The Kier molecular flexibility index (Phi) is 4.25. The highest BCUT2D eigenvalue weighted by Gasteiger charge is 2.16. The molecule has 1 heterocycles. The lowest BCUT2D eigenvalue weighted by Crippen LogP contribution is -2.35. The van der Waals surface area contributed by atoms with Crippen LogP contribution in [0, 0.1) is 0 Å². The molecule has 0 fully saturated rings. The molecule has 100 valence electrons. The molecular formula is C13H17N5O. The standard InChI is InChI=1S/C13H17N5O/c1-18(2)11(10-6-4-3-5-7-10)8-14-13(19)12-15-9-16-17-12/h3-7,9,11H,8H2,1-2H3,(H,14,19)(H,15,16,17). The van der Waals surface area contributed by atoms with E-state index in [2.05, 4.69) is 25.4 Å². The summed E-state index contributed by atoms with van der Waals surface area (Å²) in [5.74, 6) is -0.0224. The van der Waals surface area contributed by atoms with E-state index in [9.17, 15) is 4.79 Å². The molecule has 0 saturated carbocycles. The van der Waals surface area contributed by atoms with Crippen molar-refractivity contribution in [3.8, 4) is 0 Å². The van der Waals surface area contributed by atoms with Gasteiger partial charge in [-0.15, -0.1) is 0 Å². The number of likely N-dealkylation sites (N-methyl/N-ethyl adjacent to an activating group) is 1. The number of hydrogen-bond donors (Lipinski definition) is 2. The predicted octanol–water partition coefficient (Wildman–Crippen LogP) is 0.837. The third-order valence-electron chi connectivity index (χ3n) is 2.89. The van der Waals surface area contributed by atoms with Crippen molar-refractivity contribution in [2.45, 2.75) is 6.04 Å². The van der Waals surface area contributed by atoms with Gasteiger partial charge in [0.1, 0.15) is 6.33 Å². The number of amides is 1. The minimum atomic E-state index is -0.250. The van der Waals surface area contributed by atoms with Crippen LogP contribution in [0.15, 0.2) is 36.7 Å². The van der Waals surface area contributed by atoms with Crippen LogP contribution in [0.2, 0.25) is 0 Å². The molecule has 19 heavy (non-hydrogen) atoms. The zero-order valence-electron chi connectivity index (χ0n) is 11.0. The maximum Gasteiger partial charge on any atom is 0.288 e. The molecule has 0 saturated heterocycles. The van der Waals surface area contributed by atoms with Crippen LogP contribution >= 0.6 is 0 Å². The second-order valence-electron chi connectivity index (χ2n) is 4.43. The Labute approximate surface area is 111 Å². The van der Waals surface area contributed by atoms with Gasteiger partial charge in [0.15, 0.2) is 0 Å². The highest BCUT2D eigenvalue weighted by atomic mass is 16.2. The molecule has 1 atom stereocenters. The van der Waals surface area contributed by atoms with Crippen molar-refractivity contribution >= 4 is 5.91 Å². The summed E-state index contributed by atoms with van der Waals surface area (Å²) in [6.07, 6.45) is 1.32. The van der Waals surface area contributed by atoms with Crippen LogP contribution in [0.1, 0.15) is 22.2 Å². The summed E-state index contributed by atoms with van der Waals surface area (Å²) >= 11 is 0. The van der Waals surface area contributed by atoms with E-state index in [1.807, 2.05) is 44.4 Å². The molecule has 0 spiro atoms. The van der Waals surface area contributed by atoms with E-state index in [-0.39, 0.29) is 17.8 Å². The molecule has 1 amide bonds. The summed E-state index contributed by atoms with van der Waals surface area (Å²) in [6.45, 7) is 0.510. The van der Waals surface area contributed by atoms with Crippen molar-refractivity contribution in [2.24, 2.45) is 0 Å². The molecule has 6 heteroatoms. The maximum atomic E-state index is 11.8. The quantitative estimate of drug-likeness (QED) is 0.834. The van der Waals surface area contributed by atoms with E-state index in [1.54, 1.807) is 0 Å². The fourth-order valence-corrected chi connectivity index (χ4v) is 1.86. The first-order valence-electron chi connectivity index (χ1n) is 6.03. The highest BCUT2D eigenvalue weighted by molar-refractivity contribution is 5.90. The molecule has 0 aliphatic heterocycles. The first-order chi connectivity index (χ1) is 9.18. The first-order valence-corrected chi connectivity index (χ1v) is 6.03. The Hall–Kier alpha value is -2.21. The number of aromatic amines is 1. The number of hydrogen-bond acceptors (Lipinski definition) is 4. The van der Waals surface area contributed by atoms with E-state index in [0.717, 1.165) is 5.56 Å². The van der Waals surface area contributed by atoms with Gasteiger partial charge in [-0.25, -0.2) is 4.98 Å². The largest absolute Gasteiger partial charge is 0.347 e. The van der Waals surface area contributed by atoms with E-state index in [0.29, 0.717) is 6.54 Å². The number of carbonyl (C=O) groups is 1. The van der Waals surface area contributed by atoms with Gasteiger partial charge in [-0.3, -0.25) is 9.89 Å². The van der Waals surface area contributed by atoms with E-state index >= 15 is 0 Å². The van der Waals surface area contributed by atoms with Crippen molar-refractivity contribution in [2.75, 3.05) is 20.6 Å². The Morgan fingerprint density at radius 3 is 2.68 bits per heavy atom. The van der Waals surface area contributed by atoms with Gasteiger partial charge in [0.05, 0.1) is 6.04 Å². The van der Waals surface area contributed by atoms with Crippen molar-refractivity contribution in [3.05, 3.63) is 48.0 Å². The van der Waals surface area contributed by atoms with Crippen LogP contribution in [-0.4, -0.2) is 46.6 Å². The molecule has 1 aromatic carbocycles. The number of benzene rings is 1. The normalized spacial score (nSPS) is 12.4. The van der Waals surface area contributed by atoms with Gasteiger partial charge in [0.2, 0.25) is 5.82 Å². The summed E-state index contributed by atoms with van der Waals surface area (Å²) in [5.41, 5.74) is 1.16. The molecule has 6 nitrogen and oxygen atoms in total. The van der Waals surface area contributed by atoms with Gasteiger partial charge < -0.3 is 10.2 Å². The monoisotopic (exact) mass is 259 g/mol. The van der Waals surface area contributed by atoms with Crippen molar-refractivity contribution in [3.63, 3.8) is 0 Å². The zero-order valence-corrected chi connectivity index (χ0v) is 11.0. The fourth-order valence-electron chi connectivity index (χ4n) is 1.86. The second kappa shape index (κ2) is 6.10. The Morgan fingerprint density at radius 2 is 2.11 bits per heavy atom. The van der Waals surface area contributed by atoms with Gasteiger partial charge >= 0.3 is 0 Å². The van der Waals surface area contributed by atoms with Crippen LogP contribution in [-0.2, 0) is 0 Å². The lowest BCUT2D eigenvalue weighted by atomic mass is 10.1. The molecule has 0 aliphatic carbocycles. The molecular weight excluding hydrogens is 242 g/mol. The maximum absolute atomic E-state index is 11.8. The van der Waals surface area contributed by atoms with Crippen LogP contribution in [0.3, 0.4) is 0 Å². The first kappa shape index (κ1) is 13.2. The summed E-state index contributed by atoms with van der Waals surface area (Å²) < 4.78 is 0. The van der Waals surface area contributed by atoms with E-state index in [1.165, 1.54) is 6.33 Å². The fraction of sp³-hybridized carbons (Fsp3) is 0.308. The Balaban J connectivity index is 2.01. The van der Waals surface area contributed by atoms with Crippen molar-refractivity contribution < 1.29 is 4.79 Å². The van der Waals surface area contributed by atoms with Crippen LogP contribution in [0.5, 0.6) is 0 Å². The summed E-state index contributed by atoms with van der Waals surface area (Å²) in [5, 5.41) is 9.05. The lowest BCUT2D eigenvalue weighted by Gasteiger charge is -2.24. The predicted molar refractivity (Wildman–Crippen MR) is 71.6 cm³/mol. The van der Waals surface area contributed by atoms with E-state index < -0.39 is 0 Å². The molecule has 0 radical (unpaired) electrons. The Morgan fingerprint density at radius 1 is 1.37 bits per heavy atom. The van der Waals surface area contributed by atoms with Crippen molar-refractivity contribution in [1.82, 2.24) is 25.4 Å². The number of nitrogens with zero attached hydrogens (tertiary/aromatic N) is 3. The Bertz CT molecular complexity index is 509. The molecule has 0 aliphatic rings.